The van der Waals surface area contributed by atoms with Crippen LogP contribution in [0.4, 0.5) is 0 Å². The van der Waals surface area contributed by atoms with Crippen LogP contribution in [0.1, 0.15) is 30.7 Å². The molecule has 0 bridgehead atoms. The maximum Gasteiger partial charge on any atom is 0.332 e. The minimum atomic E-state index is -1.22. The number of likely N-dealkylation sites (tertiary alicyclic amines) is 1. The molecule has 1 aliphatic carbocycles. The van der Waals surface area contributed by atoms with E-state index in [2.05, 4.69) is 4.90 Å². The molecule has 0 amide bonds. The Morgan fingerprint density at radius 2 is 2.00 bits per heavy atom. The molecule has 0 spiro atoms. The molecule has 0 unspecified atom stereocenters. The van der Waals surface area contributed by atoms with Gasteiger partial charge in [-0.3, -0.25) is 0 Å². The van der Waals surface area contributed by atoms with Crippen LogP contribution < -0.4 is 0 Å². The number of fused-ring (bicyclic) bond motifs is 1. The molecule has 1 saturated heterocycles. The summed E-state index contributed by atoms with van der Waals surface area (Å²) in [5.74, 6) is -2.37. The summed E-state index contributed by atoms with van der Waals surface area (Å²) >= 11 is 6.44. The van der Waals surface area contributed by atoms with Gasteiger partial charge in [0.1, 0.15) is 0 Å². The number of rotatable bonds is 4. The molecule has 2 aliphatic rings. The van der Waals surface area contributed by atoms with Crippen LogP contribution in [0, 0.1) is 11.3 Å². The Bertz CT molecular complexity index is 732. The molecule has 2 fully saturated rings. The molecule has 1 aromatic carbocycles. The molecule has 25 heavy (non-hydrogen) atoms. The van der Waals surface area contributed by atoms with Crippen molar-refractivity contribution in [3.05, 3.63) is 46.5 Å². The van der Waals surface area contributed by atoms with Gasteiger partial charge in [0.25, 0.3) is 0 Å². The Morgan fingerprint density at radius 3 is 2.64 bits per heavy atom. The number of halogens is 1. The van der Waals surface area contributed by atoms with Gasteiger partial charge >= 0.3 is 11.9 Å². The van der Waals surface area contributed by atoms with Crippen molar-refractivity contribution in [1.29, 1.82) is 0 Å². The second-order valence-electron chi connectivity index (χ2n) is 7.14. The summed E-state index contributed by atoms with van der Waals surface area (Å²) in [4.78, 5) is 25.5. The highest BCUT2D eigenvalue weighted by atomic mass is 35.5. The van der Waals surface area contributed by atoms with Gasteiger partial charge in [-0.25, -0.2) is 9.59 Å². The van der Waals surface area contributed by atoms with Crippen LogP contribution >= 0.6 is 11.6 Å². The quantitative estimate of drug-likeness (QED) is 0.803. The molecule has 0 radical (unpaired) electrons. The first-order valence-electron chi connectivity index (χ1n) is 8.47. The van der Waals surface area contributed by atoms with Crippen molar-refractivity contribution in [2.24, 2.45) is 11.3 Å². The van der Waals surface area contributed by atoms with Crippen molar-refractivity contribution in [3.63, 3.8) is 0 Å². The molecular weight excluding hydrogens is 342 g/mol. The smallest absolute Gasteiger partial charge is 0.332 e. The largest absolute Gasteiger partial charge is 0.478 e. The number of carboxylic acid groups (broad SMARTS) is 2. The molecule has 1 saturated carbocycles. The van der Waals surface area contributed by atoms with Gasteiger partial charge in [0.05, 0.1) is 5.57 Å². The van der Waals surface area contributed by atoms with Crippen molar-refractivity contribution in [1.82, 2.24) is 4.90 Å². The van der Waals surface area contributed by atoms with Gasteiger partial charge < -0.3 is 15.1 Å². The summed E-state index contributed by atoms with van der Waals surface area (Å²) in [5, 5.41) is 19.7. The number of aliphatic carboxylic acids is 2. The minimum Gasteiger partial charge on any atom is -0.478 e. The Balaban J connectivity index is 2.21. The SMILES string of the molecule is CN1C[C@@H]2CCC[C@@H](c3ccccc3Cl)[C@]2(C(=CC(=O)O)C(=O)O)C1. The van der Waals surface area contributed by atoms with Gasteiger partial charge in [0.2, 0.25) is 0 Å². The normalized spacial score (nSPS) is 30.1. The highest BCUT2D eigenvalue weighted by Gasteiger charge is 2.57. The van der Waals surface area contributed by atoms with Crippen molar-refractivity contribution < 1.29 is 19.8 Å². The summed E-state index contributed by atoms with van der Waals surface area (Å²) in [5.41, 5.74) is 0.183. The van der Waals surface area contributed by atoms with Gasteiger partial charge in [-0.15, -0.1) is 0 Å². The molecule has 1 aromatic rings. The first-order valence-corrected chi connectivity index (χ1v) is 8.85. The third kappa shape index (κ3) is 3.07. The van der Waals surface area contributed by atoms with E-state index in [4.69, 9.17) is 11.6 Å². The zero-order chi connectivity index (χ0) is 18.2. The first-order chi connectivity index (χ1) is 11.9. The average Bonchev–Trinajstić information content (AvgIpc) is 2.89. The maximum atomic E-state index is 12.1. The predicted molar refractivity (Wildman–Crippen MR) is 94.8 cm³/mol. The van der Waals surface area contributed by atoms with Crippen LogP contribution in [0.5, 0.6) is 0 Å². The van der Waals surface area contributed by atoms with E-state index >= 15 is 0 Å². The number of carbonyl (C=O) groups is 2. The average molecular weight is 364 g/mol. The summed E-state index contributed by atoms with van der Waals surface area (Å²) in [7, 11) is 1.96. The fraction of sp³-hybridized carbons (Fsp3) is 0.474. The van der Waals surface area contributed by atoms with E-state index in [1.807, 2.05) is 31.3 Å². The molecule has 3 atom stereocenters. The zero-order valence-corrected chi connectivity index (χ0v) is 14.9. The van der Waals surface area contributed by atoms with E-state index in [0.29, 0.717) is 11.6 Å². The van der Waals surface area contributed by atoms with Crippen LogP contribution in [0.2, 0.25) is 5.02 Å². The second-order valence-corrected chi connectivity index (χ2v) is 7.55. The number of hydrogen-bond donors (Lipinski definition) is 2. The highest BCUT2D eigenvalue weighted by Crippen LogP contribution is 2.59. The Kier molecular flexibility index (Phi) is 4.89. The summed E-state index contributed by atoms with van der Waals surface area (Å²) in [6, 6.07) is 7.51. The molecule has 134 valence electrons. The second kappa shape index (κ2) is 6.81. The van der Waals surface area contributed by atoms with Crippen LogP contribution in [0.25, 0.3) is 0 Å². The number of hydrogen-bond acceptors (Lipinski definition) is 3. The van der Waals surface area contributed by atoms with Crippen molar-refractivity contribution in [2.45, 2.75) is 25.2 Å². The van der Waals surface area contributed by atoms with Gasteiger partial charge in [-0.05, 0) is 43.4 Å². The number of benzene rings is 1. The van der Waals surface area contributed by atoms with Crippen LogP contribution in [0.15, 0.2) is 35.9 Å². The maximum absolute atomic E-state index is 12.1. The van der Waals surface area contributed by atoms with E-state index in [1.54, 1.807) is 0 Å². The summed E-state index contributed by atoms with van der Waals surface area (Å²) in [6.45, 7) is 1.30. The topological polar surface area (TPSA) is 77.8 Å². The lowest BCUT2D eigenvalue weighted by Crippen LogP contribution is -2.44. The number of nitrogens with zero attached hydrogens (tertiary/aromatic N) is 1. The van der Waals surface area contributed by atoms with Gasteiger partial charge in [-0.1, -0.05) is 36.2 Å². The van der Waals surface area contributed by atoms with Crippen LogP contribution in [-0.2, 0) is 9.59 Å². The molecule has 3 rings (SSSR count). The molecule has 1 aliphatic heterocycles. The standard InChI is InChI=1S/C19H22ClNO4/c1-21-10-12-5-4-7-14(13-6-2-3-8-16(13)20)19(12,11-21)15(18(24)25)9-17(22)23/h2-3,6,8-9,12,14H,4-5,7,10-11H2,1H3,(H,22,23)(H,24,25)/t12-,14-,19-/m0/s1. The highest BCUT2D eigenvalue weighted by molar-refractivity contribution is 6.31. The number of carboxylic acids is 2. The van der Waals surface area contributed by atoms with Crippen molar-refractivity contribution in [2.75, 3.05) is 20.1 Å². The fourth-order valence-corrected chi connectivity index (χ4v) is 5.22. The van der Waals surface area contributed by atoms with Gasteiger partial charge in [-0.2, -0.15) is 0 Å². The van der Waals surface area contributed by atoms with Gasteiger partial charge in [0, 0.05) is 29.6 Å². The van der Waals surface area contributed by atoms with Gasteiger partial charge in [0.15, 0.2) is 0 Å². The predicted octanol–water partition coefficient (Wildman–Crippen LogP) is 3.25. The first kappa shape index (κ1) is 18.0. The van der Waals surface area contributed by atoms with E-state index in [1.165, 1.54) is 0 Å². The van der Waals surface area contributed by atoms with Crippen LogP contribution in [0.3, 0.4) is 0 Å². The third-order valence-corrected chi connectivity index (χ3v) is 6.08. The monoisotopic (exact) mass is 363 g/mol. The lowest BCUT2D eigenvalue weighted by molar-refractivity contribution is -0.136. The molecule has 1 heterocycles. The Labute approximate surface area is 151 Å². The van der Waals surface area contributed by atoms with E-state index < -0.39 is 17.4 Å². The Morgan fingerprint density at radius 1 is 1.28 bits per heavy atom. The van der Waals surface area contributed by atoms with E-state index in [9.17, 15) is 19.8 Å². The zero-order valence-electron chi connectivity index (χ0n) is 14.1. The van der Waals surface area contributed by atoms with E-state index in [0.717, 1.165) is 37.4 Å². The summed E-state index contributed by atoms with van der Waals surface area (Å²) < 4.78 is 0. The molecule has 5 nitrogen and oxygen atoms in total. The third-order valence-electron chi connectivity index (χ3n) is 5.74. The van der Waals surface area contributed by atoms with Crippen molar-refractivity contribution >= 4 is 23.5 Å². The Hall–Kier alpha value is -1.85. The minimum absolute atomic E-state index is 0.000954. The fourth-order valence-electron chi connectivity index (χ4n) is 4.95. The molecule has 6 heteroatoms. The summed E-state index contributed by atoms with van der Waals surface area (Å²) in [6.07, 6.45) is 3.58. The molecule has 0 aromatic heterocycles. The van der Waals surface area contributed by atoms with Crippen molar-refractivity contribution in [3.8, 4) is 0 Å². The molecular formula is C19H22ClNO4. The van der Waals surface area contributed by atoms with Crippen LogP contribution in [-0.4, -0.2) is 47.2 Å². The lowest BCUT2D eigenvalue weighted by atomic mass is 9.56. The lowest BCUT2D eigenvalue weighted by Gasteiger charge is -2.46. The molecule has 2 N–H and O–H groups in total. The van der Waals surface area contributed by atoms with E-state index in [-0.39, 0.29) is 17.4 Å².